The largest absolute Gasteiger partial charge is 0.488 e. The van der Waals surface area contributed by atoms with Crippen molar-refractivity contribution in [3.05, 3.63) is 29.3 Å². The number of nitrogens with zero attached hydrogens (tertiary/aromatic N) is 1. The summed E-state index contributed by atoms with van der Waals surface area (Å²) in [5.74, 6) is -0.219. The summed E-state index contributed by atoms with van der Waals surface area (Å²) in [5, 5.41) is 4.14. The minimum Gasteiger partial charge on any atom is -0.488 e. The maximum absolute atomic E-state index is 11.6. The zero-order valence-corrected chi connectivity index (χ0v) is 11.4. The Bertz CT molecular complexity index is 545. The van der Waals surface area contributed by atoms with Crippen LogP contribution in [0.3, 0.4) is 0 Å². The van der Waals surface area contributed by atoms with E-state index >= 15 is 0 Å². The number of halogens is 1. The molecule has 1 aromatic carbocycles. The van der Waals surface area contributed by atoms with Crippen LogP contribution in [-0.4, -0.2) is 30.8 Å². The number of carbonyl (C=O) groups is 2. The number of esters is 1. The van der Waals surface area contributed by atoms with Gasteiger partial charge in [0.2, 0.25) is 5.91 Å². The molecule has 1 aliphatic heterocycles. The van der Waals surface area contributed by atoms with Crippen molar-refractivity contribution >= 4 is 29.2 Å². The van der Waals surface area contributed by atoms with Crippen LogP contribution in [0.4, 0.5) is 0 Å². The van der Waals surface area contributed by atoms with Gasteiger partial charge in [-0.15, -0.1) is 0 Å². The highest BCUT2D eigenvalue weighted by atomic mass is 35.5. The number of hydrazone groups is 1. The van der Waals surface area contributed by atoms with Crippen LogP contribution < -0.4 is 10.2 Å². The van der Waals surface area contributed by atoms with Crippen LogP contribution in [0.2, 0.25) is 5.02 Å². The molecule has 106 valence electrons. The van der Waals surface area contributed by atoms with E-state index in [1.54, 1.807) is 24.3 Å². The lowest BCUT2D eigenvalue weighted by molar-refractivity contribution is -0.136. The number of rotatable bonds is 5. The Morgan fingerprint density at radius 2 is 2.10 bits per heavy atom. The van der Waals surface area contributed by atoms with Gasteiger partial charge in [-0.05, 0) is 12.1 Å². The third kappa shape index (κ3) is 3.96. The summed E-state index contributed by atoms with van der Waals surface area (Å²) in [6.07, 6.45) is 0.528. The number of ether oxygens (including phenoxy) is 2. The van der Waals surface area contributed by atoms with Gasteiger partial charge in [0.05, 0.1) is 5.02 Å². The number of benzene rings is 1. The average Bonchev–Trinajstić information content (AvgIpc) is 2.46. The fraction of sp³-hybridized carbons (Fsp3) is 0.308. The van der Waals surface area contributed by atoms with Crippen molar-refractivity contribution < 1.29 is 19.1 Å². The first-order chi connectivity index (χ1) is 9.66. The standard InChI is InChI=1S/C13H13ClN2O4/c14-9-3-1-2-4-11(9)19-7-8-20-13(18)10-5-6-12(17)16-15-10/h1-4H,5-8H2,(H,16,17). The zero-order valence-electron chi connectivity index (χ0n) is 10.6. The molecule has 0 bridgehead atoms. The Balaban J connectivity index is 1.72. The molecule has 6 nitrogen and oxygen atoms in total. The van der Waals surface area contributed by atoms with Crippen LogP contribution >= 0.6 is 11.6 Å². The Hall–Kier alpha value is -2.08. The van der Waals surface area contributed by atoms with Gasteiger partial charge >= 0.3 is 5.97 Å². The van der Waals surface area contributed by atoms with E-state index in [9.17, 15) is 9.59 Å². The van der Waals surface area contributed by atoms with Crippen LogP contribution in [0.15, 0.2) is 29.4 Å². The summed E-state index contributed by atoms with van der Waals surface area (Å²) < 4.78 is 10.4. The second-order valence-electron chi connectivity index (χ2n) is 4.01. The predicted molar refractivity (Wildman–Crippen MR) is 72.7 cm³/mol. The average molecular weight is 297 g/mol. The maximum Gasteiger partial charge on any atom is 0.354 e. The van der Waals surface area contributed by atoms with Crippen LogP contribution in [-0.2, 0) is 14.3 Å². The molecule has 0 radical (unpaired) electrons. The molecule has 0 saturated heterocycles. The number of hydrogen-bond donors (Lipinski definition) is 1. The van der Waals surface area contributed by atoms with Crippen molar-refractivity contribution in [2.45, 2.75) is 12.8 Å². The third-order valence-electron chi connectivity index (χ3n) is 2.55. The Morgan fingerprint density at radius 3 is 2.80 bits per heavy atom. The smallest absolute Gasteiger partial charge is 0.354 e. The molecule has 0 atom stereocenters. The van der Waals surface area contributed by atoms with E-state index in [1.807, 2.05) is 0 Å². The van der Waals surface area contributed by atoms with E-state index in [2.05, 4.69) is 10.5 Å². The molecule has 0 spiro atoms. The molecular weight excluding hydrogens is 284 g/mol. The first kappa shape index (κ1) is 14.3. The van der Waals surface area contributed by atoms with Gasteiger partial charge in [-0.25, -0.2) is 10.2 Å². The van der Waals surface area contributed by atoms with Crippen molar-refractivity contribution in [3.8, 4) is 5.75 Å². The molecule has 1 aliphatic rings. The second-order valence-corrected chi connectivity index (χ2v) is 4.42. The molecule has 0 aliphatic carbocycles. The third-order valence-corrected chi connectivity index (χ3v) is 2.86. The van der Waals surface area contributed by atoms with Crippen LogP contribution in [0.25, 0.3) is 0 Å². The molecule has 0 saturated carbocycles. The van der Waals surface area contributed by atoms with Gasteiger partial charge in [0.25, 0.3) is 0 Å². The van der Waals surface area contributed by atoms with Gasteiger partial charge in [-0.3, -0.25) is 4.79 Å². The van der Waals surface area contributed by atoms with E-state index in [1.165, 1.54) is 0 Å². The van der Waals surface area contributed by atoms with E-state index in [-0.39, 0.29) is 37.7 Å². The predicted octanol–water partition coefficient (Wildman–Crippen LogP) is 1.53. The van der Waals surface area contributed by atoms with E-state index in [4.69, 9.17) is 21.1 Å². The fourth-order valence-electron chi connectivity index (χ4n) is 1.55. The molecule has 7 heteroatoms. The van der Waals surface area contributed by atoms with Gasteiger partial charge in [0.15, 0.2) is 0 Å². The van der Waals surface area contributed by atoms with Crippen LogP contribution in [0.1, 0.15) is 12.8 Å². The molecule has 1 aromatic rings. The Morgan fingerprint density at radius 1 is 1.30 bits per heavy atom. The van der Waals surface area contributed by atoms with Crippen molar-refractivity contribution in [2.75, 3.05) is 13.2 Å². The normalized spacial score (nSPS) is 14.2. The van der Waals surface area contributed by atoms with Crippen molar-refractivity contribution in [1.82, 2.24) is 5.43 Å². The zero-order chi connectivity index (χ0) is 14.4. The minimum absolute atomic E-state index is 0.0804. The molecule has 0 unspecified atom stereocenters. The lowest BCUT2D eigenvalue weighted by atomic mass is 10.2. The van der Waals surface area contributed by atoms with Gasteiger partial charge in [-0.2, -0.15) is 5.10 Å². The molecule has 20 heavy (non-hydrogen) atoms. The fourth-order valence-corrected chi connectivity index (χ4v) is 1.74. The van der Waals surface area contributed by atoms with Crippen molar-refractivity contribution in [3.63, 3.8) is 0 Å². The molecule has 2 rings (SSSR count). The number of para-hydroxylation sites is 1. The van der Waals surface area contributed by atoms with Crippen molar-refractivity contribution in [2.24, 2.45) is 5.10 Å². The molecular formula is C13H13ClN2O4. The summed E-state index contributed by atoms with van der Waals surface area (Å²) in [7, 11) is 0. The molecule has 1 heterocycles. The molecule has 0 aromatic heterocycles. The number of amides is 1. The van der Waals surface area contributed by atoms with Crippen molar-refractivity contribution in [1.29, 1.82) is 0 Å². The first-order valence-corrected chi connectivity index (χ1v) is 6.44. The molecule has 1 N–H and O–H groups in total. The Kier molecular flexibility index (Phi) is 4.95. The quantitative estimate of drug-likeness (QED) is 0.660. The highest BCUT2D eigenvalue weighted by molar-refractivity contribution is 6.37. The van der Waals surface area contributed by atoms with Crippen LogP contribution in [0.5, 0.6) is 5.75 Å². The maximum atomic E-state index is 11.6. The van der Waals surface area contributed by atoms with Gasteiger partial charge < -0.3 is 9.47 Å². The summed E-state index contributed by atoms with van der Waals surface area (Å²) in [5.41, 5.74) is 2.45. The van der Waals surface area contributed by atoms with Gasteiger partial charge in [0.1, 0.15) is 24.7 Å². The van der Waals surface area contributed by atoms with Gasteiger partial charge in [-0.1, -0.05) is 23.7 Å². The number of nitrogens with one attached hydrogen (secondary N) is 1. The highest BCUT2D eigenvalue weighted by Crippen LogP contribution is 2.22. The van der Waals surface area contributed by atoms with E-state index < -0.39 is 5.97 Å². The van der Waals surface area contributed by atoms with E-state index in [0.717, 1.165) is 0 Å². The summed E-state index contributed by atoms with van der Waals surface area (Å²) in [4.78, 5) is 22.5. The topological polar surface area (TPSA) is 77.0 Å². The summed E-state index contributed by atoms with van der Waals surface area (Å²) >= 11 is 5.91. The highest BCUT2D eigenvalue weighted by Gasteiger charge is 2.19. The van der Waals surface area contributed by atoms with E-state index in [0.29, 0.717) is 10.8 Å². The summed E-state index contributed by atoms with van der Waals surface area (Å²) in [6, 6.07) is 7.03. The number of carbonyl (C=O) groups excluding carboxylic acids is 2. The molecule has 0 fully saturated rings. The second kappa shape index (κ2) is 6.91. The lowest BCUT2D eigenvalue weighted by Crippen LogP contribution is -2.31. The SMILES string of the molecule is O=C1CCC(C(=O)OCCOc2ccccc2Cl)=NN1. The monoisotopic (exact) mass is 296 g/mol. The summed E-state index contributed by atoms with van der Waals surface area (Å²) in [6.45, 7) is 0.270. The number of hydrogen-bond acceptors (Lipinski definition) is 5. The first-order valence-electron chi connectivity index (χ1n) is 6.06. The van der Waals surface area contributed by atoms with Crippen LogP contribution in [0, 0.1) is 0 Å². The Labute approximate surface area is 120 Å². The minimum atomic E-state index is -0.548. The molecule has 1 amide bonds. The lowest BCUT2D eigenvalue weighted by Gasteiger charge is -2.12. The van der Waals surface area contributed by atoms with Gasteiger partial charge in [0, 0.05) is 12.8 Å².